The molecule has 1 aromatic carbocycles. The summed E-state index contributed by atoms with van der Waals surface area (Å²) in [6.07, 6.45) is -1.80. The van der Waals surface area contributed by atoms with Gasteiger partial charge in [0.1, 0.15) is 0 Å². The van der Waals surface area contributed by atoms with Crippen LogP contribution in [0.25, 0.3) is 0 Å². The van der Waals surface area contributed by atoms with Crippen LogP contribution >= 0.6 is 0 Å². The number of benzene rings is 1. The van der Waals surface area contributed by atoms with Crippen molar-refractivity contribution in [3.63, 3.8) is 0 Å². The SMILES string of the molecule is Cc1ccc(C(=O)NCCn2nc(C(F)(F)F)c3c2CCCC3)cc1C. The number of nitrogens with one attached hydrogen (secondary N) is 1. The monoisotopic (exact) mass is 365 g/mol. The Morgan fingerprint density at radius 1 is 1.19 bits per heavy atom. The number of hydrogen-bond donors (Lipinski definition) is 1. The van der Waals surface area contributed by atoms with Crippen molar-refractivity contribution < 1.29 is 18.0 Å². The van der Waals surface area contributed by atoms with Crippen molar-refractivity contribution in [1.29, 1.82) is 0 Å². The fourth-order valence-electron chi connectivity index (χ4n) is 3.34. The second kappa shape index (κ2) is 7.13. The molecule has 1 N–H and O–H groups in total. The van der Waals surface area contributed by atoms with E-state index in [1.807, 2.05) is 26.0 Å². The fraction of sp³-hybridized carbons (Fsp3) is 0.474. The van der Waals surface area contributed by atoms with Gasteiger partial charge in [-0.2, -0.15) is 18.3 Å². The molecule has 0 atom stereocenters. The molecule has 0 bridgehead atoms. The summed E-state index contributed by atoms with van der Waals surface area (Å²) in [5.74, 6) is -0.231. The van der Waals surface area contributed by atoms with Crippen molar-refractivity contribution >= 4 is 5.91 Å². The zero-order valence-electron chi connectivity index (χ0n) is 14.9. The van der Waals surface area contributed by atoms with Crippen molar-refractivity contribution in [2.24, 2.45) is 0 Å². The standard InChI is InChI=1S/C19H22F3N3O/c1-12-7-8-14(11-13(12)2)18(26)23-9-10-25-16-6-4-3-5-15(16)17(24-25)19(20,21)22/h7-8,11H,3-6,9-10H2,1-2H3,(H,23,26). The first kappa shape index (κ1) is 18.5. The van der Waals surface area contributed by atoms with E-state index < -0.39 is 11.9 Å². The number of carbonyl (C=O) groups is 1. The maximum atomic E-state index is 13.2. The lowest BCUT2D eigenvalue weighted by Crippen LogP contribution is -2.28. The maximum absolute atomic E-state index is 13.2. The first-order valence-corrected chi connectivity index (χ1v) is 8.78. The average molecular weight is 365 g/mol. The van der Waals surface area contributed by atoms with Crippen molar-refractivity contribution in [3.05, 3.63) is 51.8 Å². The second-order valence-corrected chi connectivity index (χ2v) is 6.76. The highest BCUT2D eigenvalue weighted by Gasteiger charge is 2.39. The van der Waals surface area contributed by atoms with Gasteiger partial charge in [-0.15, -0.1) is 0 Å². The first-order chi connectivity index (χ1) is 12.3. The average Bonchev–Trinajstić information content (AvgIpc) is 2.96. The van der Waals surface area contributed by atoms with E-state index in [-0.39, 0.29) is 19.0 Å². The number of nitrogens with zero attached hydrogens (tertiary/aromatic N) is 2. The van der Waals surface area contributed by atoms with E-state index in [4.69, 9.17) is 0 Å². The van der Waals surface area contributed by atoms with Crippen LogP contribution in [0.5, 0.6) is 0 Å². The molecule has 140 valence electrons. The van der Waals surface area contributed by atoms with Crippen LogP contribution in [-0.2, 0) is 25.6 Å². The van der Waals surface area contributed by atoms with E-state index in [9.17, 15) is 18.0 Å². The Labute approximate surface area is 150 Å². The molecule has 3 rings (SSSR count). The summed E-state index contributed by atoms with van der Waals surface area (Å²) in [6, 6.07) is 5.43. The number of carbonyl (C=O) groups excluding carboxylic acids is 1. The van der Waals surface area contributed by atoms with E-state index in [0.29, 0.717) is 29.7 Å². The van der Waals surface area contributed by atoms with Gasteiger partial charge >= 0.3 is 6.18 Å². The molecular weight excluding hydrogens is 343 g/mol. The van der Waals surface area contributed by atoms with Crippen molar-refractivity contribution in [2.75, 3.05) is 6.54 Å². The molecule has 1 aliphatic carbocycles. The Hall–Kier alpha value is -2.31. The van der Waals surface area contributed by atoms with Crippen LogP contribution in [-0.4, -0.2) is 22.2 Å². The van der Waals surface area contributed by atoms with Gasteiger partial charge in [0.25, 0.3) is 5.91 Å². The third-order valence-corrected chi connectivity index (χ3v) is 4.90. The zero-order chi connectivity index (χ0) is 18.9. The number of aryl methyl sites for hydroxylation is 2. The third-order valence-electron chi connectivity index (χ3n) is 4.90. The van der Waals surface area contributed by atoms with Gasteiger partial charge in [-0.1, -0.05) is 6.07 Å². The molecule has 0 spiro atoms. The molecule has 1 aromatic heterocycles. The van der Waals surface area contributed by atoms with Gasteiger partial charge in [-0.25, -0.2) is 0 Å². The Balaban J connectivity index is 1.69. The number of rotatable bonds is 4. The third kappa shape index (κ3) is 3.76. The molecule has 1 aliphatic rings. The normalized spacial score (nSPS) is 14.2. The number of amides is 1. The van der Waals surface area contributed by atoms with E-state index in [0.717, 1.165) is 24.0 Å². The van der Waals surface area contributed by atoms with E-state index in [2.05, 4.69) is 10.4 Å². The number of hydrogen-bond acceptors (Lipinski definition) is 2. The molecule has 2 aromatic rings. The maximum Gasteiger partial charge on any atom is 0.435 e. The van der Waals surface area contributed by atoms with Crippen LogP contribution in [0, 0.1) is 13.8 Å². The van der Waals surface area contributed by atoms with Crippen LogP contribution in [0.1, 0.15) is 51.3 Å². The number of halogens is 3. The van der Waals surface area contributed by atoms with E-state index >= 15 is 0 Å². The Morgan fingerprint density at radius 2 is 1.92 bits per heavy atom. The lowest BCUT2D eigenvalue weighted by atomic mass is 9.95. The van der Waals surface area contributed by atoms with Crippen molar-refractivity contribution in [2.45, 2.75) is 52.3 Å². The molecule has 0 aliphatic heterocycles. The van der Waals surface area contributed by atoms with Gasteiger partial charge in [0.05, 0.1) is 6.54 Å². The van der Waals surface area contributed by atoms with Crippen LogP contribution < -0.4 is 5.32 Å². The summed E-state index contributed by atoms with van der Waals surface area (Å²) in [5.41, 5.74) is 2.88. The Kier molecular flexibility index (Phi) is 5.07. The number of alkyl halides is 3. The molecule has 0 radical (unpaired) electrons. The van der Waals surface area contributed by atoms with Crippen LogP contribution in [0.2, 0.25) is 0 Å². The molecule has 0 saturated heterocycles. The number of fused-ring (bicyclic) bond motifs is 1. The molecule has 1 amide bonds. The van der Waals surface area contributed by atoms with Crippen LogP contribution in [0.15, 0.2) is 18.2 Å². The van der Waals surface area contributed by atoms with Gasteiger partial charge in [-0.05, 0) is 62.8 Å². The molecule has 0 unspecified atom stereocenters. The summed E-state index contributed by atoms with van der Waals surface area (Å²) in [4.78, 5) is 12.2. The summed E-state index contributed by atoms with van der Waals surface area (Å²) < 4.78 is 41.0. The minimum absolute atomic E-state index is 0.231. The second-order valence-electron chi connectivity index (χ2n) is 6.76. The highest BCUT2D eigenvalue weighted by molar-refractivity contribution is 5.94. The summed E-state index contributed by atoms with van der Waals surface area (Å²) in [5, 5.41) is 6.57. The quantitative estimate of drug-likeness (QED) is 0.895. The van der Waals surface area contributed by atoms with Gasteiger partial charge in [-0.3, -0.25) is 9.48 Å². The molecule has 26 heavy (non-hydrogen) atoms. The van der Waals surface area contributed by atoms with Crippen molar-refractivity contribution in [1.82, 2.24) is 15.1 Å². The minimum atomic E-state index is -4.44. The lowest BCUT2D eigenvalue weighted by Gasteiger charge is -2.15. The largest absolute Gasteiger partial charge is 0.435 e. The van der Waals surface area contributed by atoms with Gasteiger partial charge in [0.2, 0.25) is 0 Å². The van der Waals surface area contributed by atoms with E-state index in [1.54, 1.807) is 6.07 Å². The Bertz CT molecular complexity index is 824. The van der Waals surface area contributed by atoms with Crippen molar-refractivity contribution in [3.8, 4) is 0 Å². The molecule has 4 nitrogen and oxygen atoms in total. The molecule has 0 saturated carbocycles. The summed E-state index contributed by atoms with van der Waals surface area (Å²) in [7, 11) is 0. The fourth-order valence-corrected chi connectivity index (χ4v) is 3.34. The first-order valence-electron chi connectivity index (χ1n) is 8.78. The Morgan fingerprint density at radius 3 is 2.62 bits per heavy atom. The summed E-state index contributed by atoms with van der Waals surface area (Å²) >= 11 is 0. The zero-order valence-corrected chi connectivity index (χ0v) is 14.9. The molecule has 7 heteroatoms. The smallest absolute Gasteiger partial charge is 0.350 e. The predicted molar refractivity (Wildman–Crippen MR) is 92.1 cm³/mol. The summed E-state index contributed by atoms with van der Waals surface area (Å²) in [6.45, 7) is 4.36. The highest BCUT2D eigenvalue weighted by Crippen LogP contribution is 2.35. The predicted octanol–water partition coefficient (Wildman–Crippen LogP) is 3.83. The lowest BCUT2D eigenvalue weighted by molar-refractivity contribution is -0.142. The highest BCUT2D eigenvalue weighted by atomic mass is 19.4. The van der Waals surface area contributed by atoms with Crippen LogP contribution in [0.4, 0.5) is 13.2 Å². The van der Waals surface area contributed by atoms with Crippen LogP contribution in [0.3, 0.4) is 0 Å². The molecule has 0 fully saturated rings. The molecular formula is C19H22F3N3O. The minimum Gasteiger partial charge on any atom is -0.350 e. The molecule has 1 heterocycles. The number of aromatic nitrogens is 2. The van der Waals surface area contributed by atoms with Gasteiger partial charge in [0, 0.05) is 23.4 Å². The van der Waals surface area contributed by atoms with E-state index in [1.165, 1.54) is 4.68 Å². The topological polar surface area (TPSA) is 46.9 Å². The van der Waals surface area contributed by atoms with Gasteiger partial charge in [0.15, 0.2) is 5.69 Å². The van der Waals surface area contributed by atoms with Gasteiger partial charge < -0.3 is 5.32 Å².